The van der Waals surface area contributed by atoms with Crippen LogP contribution in [0.15, 0.2) is 35.3 Å². The molecule has 0 spiro atoms. The van der Waals surface area contributed by atoms with Crippen molar-refractivity contribution in [3.63, 3.8) is 0 Å². The molecular formula is C13H6Cl2N4O. The number of aromatic nitrogens is 3. The summed E-state index contributed by atoms with van der Waals surface area (Å²) in [7, 11) is 0. The van der Waals surface area contributed by atoms with Crippen LogP contribution in [0.3, 0.4) is 0 Å². The molecule has 0 saturated heterocycles. The van der Waals surface area contributed by atoms with Gasteiger partial charge in [-0.25, -0.2) is 0 Å². The van der Waals surface area contributed by atoms with Crippen LogP contribution in [0.25, 0.3) is 16.9 Å². The van der Waals surface area contributed by atoms with E-state index in [4.69, 9.17) is 28.5 Å². The fourth-order valence-corrected chi connectivity index (χ4v) is 2.18. The fourth-order valence-electron chi connectivity index (χ4n) is 1.89. The van der Waals surface area contributed by atoms with Gasteiger partial charge in [0.1, 0.15) is 11.6 Å². The summed E-state index contributed by atoms with van der Waals surface area (Å²) in [6.07, 6.45) is 1.34. The normalized spacial score (nSPS) is 10.7. The molecule has 0 amide bonds. The Bertz CT molecular complexity index is 920. The van der Waals surface area contributed by atoms with Crippen molar-refractivity contribution >= 4 is 28.8 Å². The van der Waals surface area contributed by atoms with Gasteiger partial charge in [0.05, 0.1) is 21.9 Å². The highest BCUT2D eigenvalue weighted by Crippen LogP contribution is 2.27. The molecule has 0 atom stereocenters. The SMILES string of the molecule is N#Cc1cnn2c(=O)cc(-c3ccc(Cl)c(Cl)c3)[nH]c12. The van der Waals surface area contributed by atoms with Crippen molar-refractivity contribution in [2.24, 2.45) is 0 Å². The number of nitriles is 1. The molecule has 1 N–H and O–H groups in total. The van der Waals surface area contributed by atoms with Gasteiger partial charge in [-0.3, -0.25) is 4.79 Å². The Morgan fingerprint density at radius 2 is 2.05 bits per heavy atom. The first-order valence-electron chi connectivity index (χ1n) is 5.57. The largest absolute Gasteiger partial charge is 0.338 e. The molecule has 20 heavy (non-hydrogen) atoms. The second kappa shape index (κ2) is 4.67. The van der Waals surface area contributed by atoms with Crippen LogP contribution in [0, 0.1) is 11.3 Å². The predicted molar refractivity (Wildman–Crippen MR) is 76.0 cm³/mol. The fraction of sp³-hybridized carbons (Fsp3) is 0. The average Bonchev–Trinajstić information content (AvgIpc) is 2.85. The number of hydrogen-bond donors (Lipinski definition) is 1. The van der Waals surface area contributed by atoms with Crippen LogP contribution in [-0.2, 0) is 0 Å². The third kappa shape index (κ3) is 1.95. The molecule has 0 bridgehead atoms. The van der Waals surface area contributed by atoms with E-state index in [0.29, 0.717) is 32.5 Å². The van der Waals surface area contributed by atoms with Crippen molar-refractivity contribution in [2.75, 3.05) is 0 Å². The number of aromatic amines is 1. The highest BCUT2D eigenvalue weighted by molar-refractivity contribution is 6.42. The van der Waals surface area contributed by atoms with E-state index in [2.05, 4.69) is 10.1 Å². The smallest absolute Gasteiger partial charge is 0.274 e. The van der Waals surface area contributed by atoms with Crippen LogP contribution < -0.4 is 5.56 Å². The molecule has 7 heteroatoms. The molecule has 98 valence electrons. The van der Waals surface area contributed by atoms with Crippen molar-refractivity contribution in [3.05, 3.63) is 56.4 Å². The van der Waals surface area contributed by atoms with Crippen LogP contribution in [0.4, 0.5) is 0 Å². The zero-order chi connectivity index (χ0) is 14.3. The minimum Gasteiger partial charge on any atom is -0.338 e. The maximum Gasteiger partial charge on any atom is 0.274 e. The summed E-state index contributed by atoms with van der Waals surface area (Å²) in [4.78, 5) is 15.0. The van der Waals surface area contributed by atoms with Crippen LogP contribution >= 0.6 is 23.2 Å². The van der Waals surface area contributed by atoms with Crippen molar-refractivity contribution in [3.8, 4) is 17.3 Å². The first kappa shape index (κ1) is 12.7. The second-order valence-electron chi connectivity index (χ2n) is 4.08. The van der Waals surface area contributed by atoms with E-state index in [9.17, 15) is 4.79 Å². The number of rotatable bonds is 1. The Labute approximate surface area is 123 Å². The van der Waals surface area contributed by atoms with Gasteiger partial charge in [0.2, 0.25) is 0 Å². The molecule has 3 rings (SSSR count). The number of nitrogens with one attached hydrogen (secondary N) is 1. The van der Waals surface area contributed by atoms with E-state index in [1.54, 1.807) is 18.2 Å². The zero-order valence-corrected chi connectivity index (χ0v) is 11.4. The summed E-state index contributed by atoms with van der Waals surface area (Å²) in [6.45, 7) is 0. The molecule has 1 aromatic carbocycles. The Morgan fingerprint density at radius 3 is 2.75 bits per heavy atom. The van der Waals surface area contributed by atoms with E-state index in [-0.39, 0.29) is 5.56 Å². The summed E-state index contributed by atoms with van der Waals surface area (Å²) in [6, 6.07) is 8.39. The number of fused-ring (bicyclic) bond motifs is 1. The van der Waals surface area contributed by atoms with Crippen LogP contribution in [0.1, 0.15) is 5.56 Å². The van der Waals surface area contributed by atoms with Gasteiger partial charge in [0, 0.05) is 6.07 Å². The second-order valence-corrected chi connectivity index (χ2v) is 4.89. The number of halogens is 2. The van der Waals surface area contributed by atoms with Crippen molar-refractivity contribution < 1.29 is 0 Å². The lowest BCUT2D eigenvalue weighted by atomic mass is 10.1. The van der Waals surface area contributed by atoms with Gasteiger partial charge in [-0.1, -0.05) is 29.3 Å². The van der Waals surface area contributed by atoms with Gasteiger partial charge in [-0.2, -0.15) is 14.9 Å². The first-order chi connectivity index (χ1) is 9.60. The van der Waals surface area contributed by atoms with Crippen LogP contribution in [-0.4, -0.2) is 14.6 Å². The molecule has 0 saturated carbocycles. The summed E-state index contributed by atoms with van der Waals surface area (Å²) in [5.41, 5.74) is 1.55. The molecule has 0 aliphatic carbocycles. The number of nitrogens with zero attached hydrogens (tertiary/aromatic N) is 3. The third-order valence-corrected chi connectivity index (χ3v) is 3.59. The molecule has 0 aliphatic rings. The van der Waals surface area contributed by atoms with Gasteiger partial charge in [0.15, 0.2) is 5.65 Å². The van der Waals surface area contributed by atoms with Gasteiger partial charge in [-0.05, 0) is 17.7 Å². The first-order valence-corrected chi connectivity index (χ1v) is 6.32. The maximum atomic E-state index is 12.0. The standard InChI is InChI=1S/C13H6Cl2N4O/c14-9-2-1-7(3-10(9)15)11-4-12(20)19-13(18-11)8(5-16)6-17-19/h1-4,6,18H. The third-order valence-electron chi connectivity index (χ3n) is 2.85. The molecule has 2 heterocycles. The Hall–Kier alpha value is -2.29. The lowest BCUT2D eigenvalue weighted by Gasteiger charge is -2.04. The summed E-state index contributed by atoms with van der Waals surface area (Å²) in [5, 5.41) is 13.7. The Morgan fingerprint density at radius 1 is 1.25 bits per heavy atom. The molecule has 0 fully saturated rings. The van der Waals surface area contributed by atoms with Gasteiger partial charge in [-0.15, -0.1) is 0 Å². The summed E-state index contributed by atoms with van der Waals surface area (Å²) < 4.78 is 1.14. The quantitative estimate of drug-likeness (QED) is 0.751. The monoisotopic (exact) mass is 304 g/mol. The molecule has 5 nitrogen and oxygen atoms in total. The van der Waals surface area contributed by atoms with E-state index in [1.165, 1.54) is 12.3 Å². The van der Waals surface area contributed by atoms with Crippen molar-refractivity contribution in [2.45, 2.75) is 0 Å². The highest BCUT2D eigenvalue weighted by atomic mass is 35.5. The summed E-state index contributed by atoms with van der Waals surface area (Å²) >= 11 is 11.8. The average molecular weight is 305 g/mol. The number of benzene rings is 1. The van der Waals surface area contributed by atoms with Gasteiger partial charge in [0.25, 0.3) is 5.56 Å². The van der Waals surface area contributed by atoms with E-state index < -0.39 is 0 Å². The van der Waals surface area contributed by atoms with E-state index in [0.717, 1.165) is 4.52 Å². The number of H-pyrrole nitrogens is 1. The molecule has 0 aliphatic heterocycles. The zero-order valence-electron chi connectivity index (χ0n) is 9.89. The molecule has 0 radical (unpaired) electrons. The van der Waals surface area contributed by atoms with Gasteiger partial charge >= 0.3 is 0 Å². The predicted octanol–water partition coefficient (Wildman–Crippen LogP) is 2.87. The molecule has 2 aromatic heterocycles. The number of hydrogen-bond acceptors (Lipinski definition) is 3. The maximum absolute atomic E-state index is 12.0. The Balaban J connectivity index is 2.29. The van der Waals surface area contributed by atoms with Crippen molar-refractivity contribution in [1.82, 2.24) is 14.6 Å². The van der Waals surface area contributed by atoms with Crippen molar-refractivity contribution in [1.29, 1.82) is 5.26 Å². The van der Waals surface area contributed by atoms with Gasteiger partial charge < -0.3 is 4.98 Å². The molecule has 3 aromatic rings. The topological polar surface area (TPSA) is 74.0 Å². The highest BCUT2D eigenvalue weighted by Gasteiger charge is 2.10. The van der Waals surface area contributed by atoms with E-state index in [1.807, 2.05) is 6.07 Å². The molecule has 0 unspecified atom stereocenters. The minimum absolute atomic E-state index is 0.295. The lowest BCUT2D eigenvalue weighted by molar-refractivity contribution is 0.901. The minimum atomic E-state index is -0.332. The lowest BCUT2D eigenvalue weighted by Crippen LogP contribution is -2.14. The van der Waals surface area contributed by atoms with E-state index >= 15 is 0 Å². The van der Waals surface area contributed by atoms with Crippen LogP contribution in [0.5, 0.6) is 0 Å². The van der Waals surface area contributed by atoms with Crippen LogP contribution in [0.2, 0.25) is 10.0 Å². The molecular weight excluding hydrogens is 299 g/mol. The summed E-state index contributed by atoms with van der Waals surface area (Å²) in [5.74, 6) is 0. The Kier molecular flexibility index (Phi) is 2.97.